The van der Waals surface area contributed by atoms with Crippen molar-refractivity contribution < 1.29 is 29.0 Å². The molecule has 1 heterocycles. The SMILES string of the molecule is CCNC(=O)C(NC(=O)[C@H](C)NCC(Cc1ccccc1)NC(=O)[C@H](CCc1ccccc1)N(C)C(=O)C(NC(=O)c1cc[nH+]cc1)C(C)CC)C(C)C. The molecule has 0 radical (unpaired) electrons. The lowest BCUT2D eigenvalue weighted by Crippen LogP contribution is -2.58. The van der Waals surface area contributed by atoms with E-state index in [1.807, 2.05) is 95.3 Å². The zero-order valence-corrected chi connectivity index (χ0v) is 32.9. The van der Waals surface area contributed by atoms with Crippen LogP contribution in [0.1, 0.15) is 75.9 Å². The molecule has 0 aliphatic heterocycles. The number of H-pyrrole nitrogens is 1. The number of rotatable bonds is 21. The Morgan fingerprint density at radius 2 is 1.33 bits per heavy atom. The van der Waals surface area contributed by atoms with Gasteiger partial charge >= 0.3 is 0 Å². The molecule has 12 nitrogen and oxygen atoms in total. The average molecular weight is 743 g/mol. The third-order valence-corrected chi connectivity index (χ3v) is 9.75. The maximum absolute atomic E-state index is 14.4. The summed E-state index contributed by atoms with van der Waals surface area (Å²) in [5.74, 6) is -1.97. The first-order valence-corrected chi connectivity index (χ1v) is 19.1. The van der Waals surface area contributed by atoms with Crippen molar-refractivity contribution in [2.45, 2.75) is 97.4 Å². The number of likely N-dealkylation sites (N-methyl/N-ethyl adjacent to an activating group) is 2. The van der Waals surface area contributed by atoms with Crippen molar-refractivity contribution in [3.63, 3.8) is 0 Å². The predicted molar refractivity (Wildman–Crippen MR) is 210 cm³/mol. The van der Waals surface area contributed by atoms with Gasteiger partial charge in [-0.1, -0.05) is 94.8 Å². The molecule has 0 fully saturated rings. The van der Waals surface area contributed by atoms with E-state index in [4.69, 9.17) is 0 Å². The number of hydrogen-bond acceptors (Lipinski definition) is 6. The van der Waals surface area contributed by atoms with Crippen LogP contribution in [0.2, 0.25) is 0 Å². The molecule has 5 amide bonds. The van der Waals surface area contributed by atoms with E-state index in [1.54, 1.807) is 38.5 Å². The molecule has 0 saturated heterocycles. The second-order valence-electron chi connectivity index (χ2n) is 14.3. The number of aromatic amines is 1. The molecule has 0 bridgehead atoms. The first-order chi connectivity index (χ1) is 25.9. The van der Waals surface area contributed by atoms with E-state index >= 15 is 0 Å². The van der Waals surface area contributed by atoms with Gasteiger partial charge in [-0.15, -0.1) is 0 Å². The van der Waals surface area contributed by atoms with Crippen LogP contribution in [-0.4, -0.2) is 84.8 Å². The highest BCUT2D eigenvalue weighted by Gasteiger charge is 2.35. The third-order valence-electron chi connectivity index (χ3n) is 9.75. The van der Waals surface area contributed by atoms with Crippen molar-refractivity contribution >= 4 is 29.5 Å². The van der Waals surface area contributed by atoms with Crippen molar-refractivity contribution in [2.24, 2.45) is 11.8 Å². The van der Waals surface area contributed by atoms with E-state index in [1.165, 1.54) is 4.90 Å². The summed E-state index contributed by atoms with van der Waals surface area (Å²) in [6.45, 7) is 11.9. The molecular weight excluding hydrogens is 683 g/mol. The zero-order chi connectivity index (χ0) is 39.6. The summed E-state index contributed by atoms with van der Waals surface area (Å²) in [7, 11) is 1.62. The van der Waals surface area contributed by atoms with Crippen molar-refractivity contribution in [3.05, 3.63) is 102 Å². The fraction of sp³-hybridized carbons (Fsp3) is 0.476. The lowest BCUT2D eigenvalue weighted by atomic mass is 9.95. The molecule has 12 heteroatoms. The van der Waals surface area contributed by atoms with E-state index in [0.29, 0.717) is 37.8 Å². The van der Waals surface area contributed by atoms with E-state index in [2.05, 4.69) is 31.6 Å². The van der Waals surface area contributed by atoms with Gasteiger partial charge in [0, 0.05) is 38.3 Å². The summed E-state index contributed by atoms with van der Waals surface area (Å²) in [5, 5.41) is 15.0. The number of pyridine rings is 1. The molecule has 3 aromatic rings. The van der Waals surface area contributed by atoms with Crippen LogP contribution in [0.4, 0.5) is 0 Å². The van der Waals surface area contributed by atoms with Crippen LogP contribution in [0.15, 0.2) is 85.2 Å². The van der Waals surface area contributed by atoms with Gasteiger partial charge in [-0.3, -0.25) is 24.0 Å². The zero-order valence-electron chi connectivity index (χ0n) is 32.9. The maximum Gasteiger partial charge on any atom is 0.252 e. The van der Waals surface area contributed by atoms with Crippen LogP contribution < -0.4 is 31.6 Å². The molecule has 0 saturated carbocycles. The van der Waals surface area contributed by atoms with Gasteiger partial charge in [-0.25, -0.2) is 4.98 Å². The highest BCUT2D eigenvalue weighted by molar-refractivity contribution is 5.98. The van der Waals surface area contributed by atoms with Crippen LogP contribution in [0.3, 0.4) is 0 Å². The number of nitrogens with zero attached hydrogens (tertiary/aromatic N) is 1. The standard InChI is InChI=1S/C42H59N7O5/c1-8-29(5)37(48-39(51)33-22-24-43-25-23-33)42(54)49(7)35(21-20-31-16-12-10-13-17-31)40(52)46-34(26-32-18-14-11-15-19-32)27-45-30(6)38(50)47-36(28(3)4)41(53)44-9-2/h10-19,22-25,28-30,34-37,45H,8-9,20-21,26-27H2,1-7H3,(H,44,53)(H,46,52)(H,47,50)(H,48,51)/p+1/t29?,30-,34?,35-,36?,37?/m0/s1. The number of amides is 5. The molecule has 2 aromatic carbocycles. The minimum atomic E-state index is -0.865. The van der Waals surface area contributed by atoms with Crippen LogP contribution in [0.25, 0.3) is 0 Å². The first kappa shape index (κ1) is 43.3. The average Bonchev–Trinajstić information content (AvgIpc) is 3.18. The Balaban J connectivity index is 1.85. The number of carbonyl (C=O) groups is 5. The molecular formula is C42H60N7O5+. The first-order valence-electron chi connectivity index (χ1n) is 19.1. The Hall–Kier alpha value is -5.10. The molecule has 292 valence electrons. The molecule has 1 aromatic heterocycles. The molecule has 54 heavy (non-hydrogen) atoms. The molecule has 0 aliphatic rings. The summed E-state index contributed by atoms with van der Waals surface area (Å²) in [4.78, 5) is 72.2. The highest BCUT2D eigenvalue weighted by atomic mass is 16.2. The largest absolute Gasteiger partial charge is 0.355 e. The summed E-state index contributed by atoms with van der Waals surface area (Å²) in [6.07, 6.45) is 5.27. The quantitative estimate of drug-likeness (QED) is 0.113. The predicted octanol–water partition coefficient (Wildman–Crippen LogP) is 3.09. The van der Waals surface area contributed by atoms with E-state index in [0.717, 1.165) is 11.1 Å². The van der Waals surface area contributed by atoms with Gasteiger partial charge in [0.25, 0.3) is 5.91 Å². The van der Waals surface area contributed by atoms with Crippen LogP contribution in [0.5, 0.6) is 0 Å². The highest BCUT2D eigenvalue weighted by Crippen LogP contribution is 2.17. The topological polar surface area (TPSA) is 163 Å². The van der Waals surface area contributed by atoms with Crippen molar-refractivity contribution in [1.29, 1.82) is 0 Å². The molecule has 0 spiro atoms. The van der Waals surface area contributed by atoms with E-state index in [9.17, 15) is 24.0 Å². The number of hydrogen-bond donors (Lipinski definition) is 5. The van der Waals surface area contributed by atoms with Crippen molar-refractivity contribution in [3.8, 4) is 0 Å². The van der Waals surface area contributed by atoms with Gasteiger partial charge in [-0.05, 0) is 56.1 Å². The Morgan fingerprint density at radius 1 is 0.722 bits per heavy atom. The third kappa shape index (κ3) is 13.4. The lowest BCUT2D eigenvalue weighted by molar-refractivity contribution is -0.378. The van der Waals surface area contributed by atoms with Gasteiger partial charge in [0.15, 0.2) is 12.4 Å². The smallest absolute Gasteiger partial charge is 0.252 e. The Labute approximate surface area is 320 Å². The molecule has 6 atom stereocenters. The maximum atomic E-state index is 14.4. The Morgan fingerprint density at radius 3 is 1.91 bits per heavy atom. The number of carbonyl (C=O) groups excluding carboxylic acids is 5. The van der Waals surface area contributed by atoms with Gasteiger partial charge in [-0.2, -0.15) is 0 Å². The fourth-order valence-corrected chi connectivity index (χ4v) is 6.15. The summed E-state index contributed by atoms with van der Waals surface area (Å²) in [5.41, 5.74) is 2.43. The molecule has 6 N–H and O–H groups in total. The number of aryl methyl sites for hydroxylation is 1. The van der Waals surface area contributed by atoms with Gasteiger partial charge in [0.2, 0.25) is 23.6 Å². The minimum Gasteiger partial charge on any atom is -0.355 e. The molecule has 3 rings (SSSR count). The number of benzene rings is 2. The van der Waals surface area contributed by atoms with Crippen LogP contribution in [-0.2, 0) is 32.0 Å². The summed E-state index contributed by atoms with van der Waals surface area (Å²) >= 11 is 0. The second-order valence-corrected chi connectivity index (χ2v) is 14.3. The lowest BCUT2D eigenvalue weighted by Gasteiger charge is -2.34. The van der Waals surface area contributed by atoms with Crippen molar-refractivity contribution in [2.75, 3.05) is 20.1 Å². The number of nitrogens with one attached hydrogen (secondary N) is 6. The van der Waals surface area contributed by atoms with Gasteiger partial charge < -0.3 is 31.5 Å². The van der Waals surface area contributed by atoms with Gasteiger partial charge in [0.1, 0.15) is 18.1 Å². The number of aromatic nitrogens is 1. The molecule has 4 unspecified atom stereocenters. The van der Waals surface area contributed by atoms with Crippen LogP contribution in [0, 0.1) is 11.8 Å². The van der Waals surface area contributed by atoms with Crippen LogP contribution >= 0.6 is 0 Å². The van der Waals surface area contributed by atoms with Gasteiger partial charge in [0.05, 0.1) is 11.6 Å². The molecule has 0 aliphatic carbocycles. The second kappa shape index (κ2) is 22.2. The minimum absolute atomic E-state index is 0.115. The summed E-state index contributed by atoms with van der Waals surface area (Å²) in [6, 6.07) is 19.3. The Bertz CT molecular complexity index is 1620. The fourth-order valence-electron chi connectivity index (χ4n) is 6.15. The summed E-state index contributed by atoms with van der Waals surface area (Å²) < 4.78 is 0. The Kier molecular flexibility index (Phi) is 17.8. The van der Waals surface area contributed by atoms with E-state index < -0.39 is 30.2 Å². The van der Waals surface area contributed by atoms with Crippen molar-refractivity contribution in [1.82, 2.24) is 31.5 Å². The van der Waals surface area contributed by atoms with E-state index in [-0.39, 0.29) is 47.9 Å². The monoisotopic (exact) mass is 742 g/mol. The normalized spacial score (nSPS) is 14.4.